The summed E-state index contributed by atoms with van der Waals surface area (Å²) in [6, 6.07) is -0.911. The Kier molecular flexibility index (Phi) is 3.93. The van der Waals surface area contributed by atoms with Gasteiger partial charge in [-0.15, -0.1) is 0 Å². The molecule has 98 valence electrons. The predicted octanol–water partition coefficient (Wildman–Crippen LogP) is -0.869. The molecule has 1 aromatic rings. The third kappa shape index (κ3) is 3.30. The van der Waals surface area contributed by atoms with Crippen molar-refractivity contribution in [3.05, 3.63) is 18.2 Å². The van der Waals surface area contributed by atoms with Gasteiger partial charge in [0.1, 0.15) is 6.04 Å². The maximum atomic E-state index is 11.7. The molecule has 0 saturated carbocycles. The molecule has 0 unspecified atom stereocenters. The van der Waals surface area contributed by atoms with Crippen molar-refractivity contribution in [3.63, 3.8) is 0 Å². The van der Waals surface area contributed by atoms with Gasteiger partial charge in [-0.05, 0) is 19.0 Å². The summed E-state index contributed by atoms with van der Waals surface area (Å²) in [5.41, 5.74) is 0.688. The number of carbonyl (C=O) groups excluding carboxylic acids is 1. The zero-order valence-electron chi connectivity index (χ0n) is 9.85. The van der Waals surface area contributed by atoms with Crippen LogP contribution in [0.25, 0.3) is 0 Å². The van der Waals surface area contributed by atoms with Crippen LogP contribution in [0.3, 0.4) is 0 Å². The van der Waals surface area contributed by atoms with Crippen LogP contribution in [0, 0.1) is 5.92 Å². The Labute approximate surface area is 104 Å². The van der Waals surface area contributed by atoms with Crippen molar-refractivity contribution in [2.24, 2.45) is 5.92 Å². The van der Waals surface area contributed by atoms with Crippen molar-refractivity contribution in [1.29, 1.82) is 0 Å². The summed E-state index contributed by atoms with van der Waals surface area (Å²) in [6.45, 7) is 1.65. The molecule has 2 heterocycles. The first-order valence-corrected chi connectivity index (χ1v) is 5.85. The lowest BCUT2D eigenvalue weighted by atomic mass is 9.99. The van der Waals surface area contributed by atoms with E-state index in [4.69, 9.17) is 5.11 Å². The number of carbonyl (C=O) groups is 2. The highest BCUT2D eigenvalue weighted by molar-refractivity contribution is 5.83. The second-order valence-corrected chi connectivity index (χ2v) is 4.47. The molecule has 1 atom stereocenters. The first kappa shape index (κ1) is 12.6. The first-order valence-electron chi connectivity index (χ1n) is 5.85. The van der Waals surface area contributed by atoms with Gasteiger partial charge in [0, 0.05) is 24.7 Å². The zero-order valence-corrected chi connectivity index (χ0v) is 9.85. The third-order valence-corrected chi connectivity index (χ3v) is 2.95. The van der Waals surface area contributed by atoms with Crippen molar-refractivity contribution in [3.8, 4) is 0 Å². The summed E-state index contributed by atoms with van der Waals surface area (Å²) in [7, 11) is 0. The molecule has 2 rings (SSSR count). The number of aromatic amines is 1. The minimum atomic E-state index is -1.04. The van der Waals surface area contributed by atoms with Crippen molar-refractivity contribution in [1.82, 2.24) is 20.6 Å². The maximum Gasteiger partial charge on any atom is 0.326 e. The number of hydrogen-bond acceptors (Lipinski definition) is 4. The van der Waals surface area contributed by atoms with Gasteiger partial charge in [0.2, 0.25) is 5.91 Å². The monoisotopic (exact) mass is 252 g/mol. The Morgan fingerprint density at radius 2 is 2.33 bits per heavy atom. The van der Waals surface area contributed by atoms with Crippen LogP contribution in [-0.4, -0.2) is 46.1 Å². The lowest BCUT2D eigenvalue weighted by Crippen LogP contribution is -2.47. The SMILES string of the molecule is O=C(CC1CNC1)N[C@@H](Cc1cnc[nH]1)C(=O)O. The minimum absolute atomic E-state index is 0.212. The van der Waals surface area contributed by atoms with Gasteiger partial charge in [-0.1, -0.05) is 0 Å². The lowest BCUT2D eigenvalue weighted by molar-refractivity contribution is -0.142. The molecule has 7 nitrogen and oxygen atoms in total. The van der Waals surface area contributed by atoms with E-state index in [2.05, 4.69) is 20.6 Å². The number of amides is 1. The van der Waals surface area contributed by atoms with Crippen LogP contribution in [-0.2, 0) is 16.0 Å². The fraction of sp³-hybridized carbons (Fsp3) is 0.545. The molecule has 1 aliphatic rings. The molecule has 1 amide bonds. The van der Waals surface area contributed by atoms with Gasteiger partial charge in [0.05, 0.1) is 6.33 Å². The number of nitrogens with zero attached hydrogens (tertiary/aromatic N) is 1. The minimum Gasteiger partial charge on any atom is -0.480 e. The molecule has 18 heavy (non-hydrogen) atoms. The summed E-state index contributed by atoms with van der Waals surface area (Å²) >= 11 is 0. The highest BCUT2D eigenvalue weighted by atomic mass is 16.4. The van der Waals surface area contributed by atoms with Gasteiger partial charge in [0.25, 0.3) is 0 Å². The Balaban J connectivity index is 1.85. The average Bonchev–Trinajstić information content (AvgIpc) is 2.75. The summed E-state index contributed by atoms with van der Waals surface area (Å²) in [5, 5.41) is 14.7. The van der Waals surface area contributed by atoms with E-state index in [1.165, 1.54) is 6.33 Å². The number of carboxylic acids is 1. The fourth-order valence-electron chi connectivity index (χ4n) is 1.82. The Hall–Kier alpha value is -1.89. The van der Waals surface area contributed by atoms with Gasteiger partial charge in [0.15, 0.2) is 0 Å². The molecular formula is C11H16N4O3. The highest BCUT2D eigenvalue weighted by Gasteiger charge is 2.24. The maximum absolute atomic E-state index is 11.7. The van der Waals surface area contributed by atoms with E-state index in [-0.39, 0.29) is 12.3 Å². The Bertz CT molecular complexity index is 414. The van der Waals surface area contributed by atoms with Crippen LogP contribution >= 0.6 is 0 Å². The average molecular weight is 252 g/mol. The number of H-pyrrole nitrogens is 1. The van der Waals surface area contributed by atoms with Gasteiger partial charge in [-0.2, -0.15) is 0 Å². The van der Waals surface area contributed by atoms with Crippen LogP contribution in [0.4, 0.5) is 0 Å². The van der Waals surface area contributed by atoms with Gasteiger partial charge in [-0.25, -0.2) is 9.78 Å². The largest absolute Gasteiger partial charge is 0.480 e. The van der Waals surface area contributed by atoms with Crippen molar-refractivity contribution in [2.75, 3.05) is 13.1 Å². The second-order valence-electron chi connectivity index (χ2n) is 4.47. The third-order valence-electron chi connectivity index (χ3n) is 2.95. The molecule has 1 aliphatic heterocycles. The molecule has 1 saturated heterocycles. The van der Waals surface area contributed by atoms with E-state index < -0.39 is 12.0 Å². The van der Waals surface area contributed by atoms with E-state index in [1.807, 2.05) is 0 Å². The van der Waals surface area contributed by atoms with E-state index in [9.17, 15) is 9.59 Å². The fourth-order valence-corrected chi connectivity index (χ4v) is 1.82. The summed E-state index contributed by atoms with van der Waals surface area (Å²) < 4.78 is 0. The summed E-state index contributed by atoms with van der Waals surface area (Å²) in [5.74, 6) is -0.926. The molecule has 0 aromatic carbocycles. The molecule has 4 N–H and O–H groups in total. The smallest absolute Gasteiger partial charge is 0.326 e. The van der Waals surface area contributed by atoms with Crippen LogP contribution in [0.2, 0.25) is 0 Å². The van der Waals surface area contributed by atoms with Crippen molar-refractivity contribution < 1.29 is 14.7 Å². The number of imidazole rings is 1. The first-order chi connectivity index (χ1) is 8.65. The summed E-state index contributed by atoms with van der Waals surface area (Å²) in [6.07, 6.45) is 3.62. The van der Waals surface area contributed by atoms with Gasteiger partial charge in [-0.3, -0.25) is 4.79 Å². The Morgan fingerprint density at radius 1 is 1.56 bits per heavy atom. The quantitative estimate of drug-likeness (QED) is 0.526. The van der Waals surface area contributed by atoms with Gasteiger partial charge >= 0.3 is 5.97 Å². The molecular weight excluding hydrogens is 236 g/mol. The zero-order chi connectivity index (χ0) is 13.0. The molecule has 7 heteroatoms. The molecule has 0 bridgehead atoms. The van der Waals surface area contributed by atoms with E-state index in [0.717, 1.165) is 13.1 Å². The number of aliphatic carboxylic acids is 1. The van der Waals surface area contributed by atoms with Crippen LogP contribution in [0.1, 0.15) is 12.1 Å². The van der Waals surface area contributed by atoms with Crippen LogP contribution in [0.15, 0.2) is 12.5 Å². The highest BCUT2D eigenvalue weighted by Crippen LogP contribution is 2.08. The van der Waals surface area contributed by atoms with Crippen LogP contribution in [0.5, 0.6) is 0 Å². The second kappa shape index (κ2) is 5.63. The molecule has 1 fully saturated rings. The standard InChI is InChI=1S/C11H16N4O3/c16-10(1-7-3-12-4-7)15-9(11(17)18)2-8-5-13-6-14-8/h5-7,9,12H,1-4H2,(H,13,14)(H,15,16)(H,17,18)/t9-/m0/s1. The van der Waals surface area contributed by atoms with E-state index in [0.29, 0.717) is 18.0 Å². The van der Waals surface area contributed by atoms with Gasteiger partial charge < -0.3 is 20.7 Å². The molecule has 1 aromatic heterocycles. The lowest BCUT2D eigenvalue weighted by Gasteiger charge is -2.26. The van der Waals surface area contributed by atoms with Crippen LogP contribution < -0.4 is 10.6 Å². The number of nitrogens with one attached hydrogen (secondary N) is 3. The van der Waals surface area contributed by atoms with Crippen molar-refractivity contribution >= 4 is 11.9 Å². The molecule has 0 aliphatic carbocycles. The number of hydrogen-bond donors (Lipinski definition) is 4. The predicted molar refractivity (Wildman–Crippen MR) is 62.8 cm³/mol. The Morgan fingerprint density at radius 3 is 2.83 bits per heavy atom. The molecule has 0 spiro atoms. The molecule has 0 radical (unpaired) electrons. The van der Waals surface area contributed by atoms with E-state index >= 15 is 0 Å². The number of carboxylic acid groups (broad SMARTS) is 1. The van der Waals surface area contributed by atoms with Crippen molar-refractivity contribution in [2.45, 2.75) is 18.9 Å². The van der Waals surface area contributed by atoms with E-state index in [1.54, 1.807) is 6.20 Å². The summed E-state index contributed by atoms with van der Waals surface area (Å²) in [4.78, 5) is 29.4. The number of aromatic nitrogens is 2. The normalized spacial score (nSPS) is 16.9. The topological polar surface area (TPSA) is 107 Å². The number of rotatable bonds is 6.